The summed E-state index contributed by atoms with van der Waals surface area (Å²) in [7, 11) is 0. The number of aromatic amines is 2. The first-order valence-corrected chi connectivity index (χ1v) is 10.0. The van der Waals surface area contributed by atoms with E-state index in [1.54, 1.807) is 6.07 Å². The summed E-state index contributed by atoms with van der Waals surface area (Å²) in [6.45, 7) is 8.56. The highest BCUT2D eigenvalue weighted by Crippen LogP contribution is 2.29. The Bertz CT molecular complexity index is 1330. The normalized spacial score (nSPS) is 12.2. The average molecular weight is 386 g/mol. The molecule has 2 aromatic heterocycles. The Labute approximate surface area is 169 Å². The van der Waals surface area contributed by atoms with Crippen LogP contribution in [0, 0.1) is 0 Å². The maximum absolute atomic E-state index is 13.2. The number of aromatic nitrogens is 2. The molecule has 0 aliphatic carbocycles. The van der Waals surface area contributed by atoms with E-state index in [9.17, 15) is 9.59 Å². The molecule has 0 saturated carbocycles. The third-order valence-corrected chi connectivity index (χ3v) is 5.79. The van der Waals surface area contributed by atoms with Crippen LogP contribution in [0.4, 0.5) is 0 Å². The fourth-order valence-corrected chi connectivity index (χ4v) is 3.92. The molecule has 0 amide bonds. The molecule has 0 fully saturated rings. The molecule has 4 rings (SSSR count). The minimum Gasteiger partial charge on any atom is -0.361 e. The molecule has 0 saturated heterocycles. The van der Waals surface area contributed by atoms with Crippen LogP contribution in [0.15, 0.2) is 64.3 Å². The first kappa shape index (κ1) is 19.2. The molecule has 2 N–H and O–H groups in total. The molecular weight excluding hydrogens is 360 g/mol. The summed E-state index contributed by atoms with van der Waals surface area (Å²) in [4.78, 5) is 30.9. The standard InChI is InChI=1S/C25H26N2O2/c1-15(2)16-5-8-22-20(12-16)24(29)18(14-26-22)13-25(3,4)19-7-9-21-17(11-19)6-10-23(28)27-21/h5-12,14-15H,13H2,1-4H3,(H,26,29)(H,27,28). The number of H-pyrrole nitrogens is 2. The Hall–Kier alpha value is -3.14. The van der Waals surface area contributed by atoms with Gasteiger partial charge in [-0.15, -0.1) is 0 Å². The van der Waals surface area contributed by atoms with Crippen LogP contribution in [0.1, 0.15) is 50.3 Å². The topological polar surface area (TPSA) is 65.7 Å². The number of benzene rings is 2. The quantitative estimate of drug-likeness (QED) is 0.517. The summed E-state index contributed by atoms with van der Waals surface area (Å²) in [5.74, 6) is 0.378. The fourth-order valence-electron chi connectivity index (χ4n) is 3.92. The third-order valence-electron chi connectivity index (χ3n) is 5.79. The number of pyridine rings is 2. The lowest BCUT2D eigenvalue weighted by atomic mass is 9.79. The first-order chi connectivity index (χ1) is 13.7. The summed E-state index contributed by atoms with van der Waals surface area (Å²) < 4.78 is 0. The van der Waals surface area contributed by atoms with Gasteiger partial charge in [0.1, 0.15) is 0 Å². The van der Waals surface area contributed by atoms with Gasteiger partial charge in [0.05, 0.1) is 0 Å². The highest BCUT2D eigenvalue weighted by molar-refractivity contribution is 5.80. The summed E-state index contributed by atoms with van der Waals surface area (Å²) in [6.07, 6.45) is 2.47. The molecule has 0 unspecified atom stereocenters. The van der Waals surface area contributed by atoms with Crippen molar-refractivity contribution in [1.82, 2.24) is 9.97 Å². The predicted octanol–water partition coefficient (Wildman–Crippen LogP) is 5.01. The van der Waals surface area contributed by atoms with Crippen LogP contribution in [0.2, 0.25) is 0 Å². The molecule has 29 heavy (non-hydrogen) atoms. The van der Waals surface area contributed by atoms with Crippen molar-refractivity contribution in [3.05, 3.63) is 92.0 Å². The highest BCUT2D eigenvalue weighted by Gasteiger charge is 2.23. The molecule has 148 valence electrons. The number of hydrogen-bond donors (Lipinski definition) is 2. The van der Waals surface area contributed by atoms with Gasteiger partial charge in [0, 0.05) is 34.2 Å². The number of nitrogens with one attached hydrogen (secondary N) is 2. The van der Waals surface area contributed by atoms with Crippen LogP contribution in [0.3, 0.4) is 0 Å². The van der Waals surface area contributed by atoms with Crippen LogP contribution in [0.25, 0.3) is 21.8 Å². The average Bonchev–Trinajstić information content (AvgIpc) is 2.69. The second-order valence-corrected chi connectivity index (χ2v) is 8.79. The number of fused-ring (bicyclic) bond motifs is 2. The lowest BCUT2D eigenvalue weighted by Gasteiger charge is -2.25. The Morgan fingerprint density at radius 2 is 1.69 bits per heavy atom. The van der Waals surface area contributed by atoms with Gasteiger partial charge >= 0.3 is 0 Å². The van der Waals surface area contributed by atoms with Crippen molar-refractivity contribution in [1.29, 1.82) is 0 Å². The Morgan fingerprint density at radius 1 is 0.931 bits per heavy atom. The summed E-state index contributed by atoms with van der Waals surface area (Å²) in [5, 5.41) is 1.74. The third kappa shape index (κ3) is 3.63. The minimum absolute atomic E-state index is 0.0967. The number of hydrogen-bond acceptors (Lipinski definition) is 2. The molecule has 0 atom stereocenters. The largest absolute Gasteiger partial charge is 0.361 e. The van der Waals surface area contributed by atoms with Gasteiger partial charge in [-0.25, -0.2) is 0 Å². The van der Waals surface area contributed by atoms with Crippen molar-refractivity contribution in [2.45, 2.75) is 45.4 Å². The molecule has 0 radical (unpaired) electrons. The smallest absolute Gasteiger partial charge is 0.248 e. The summed E-state index contributed by atoms with van der Waals surface area (Å²) in [5.41, 5.74) is 4.53. The van der Waals surface area contributed by atoms with Gasteiger partial charge in [-0.2, -0.15) is 0 Å². The van der Waals surface area contributed by atoms with Crippen molar-refractivity contribution >= 4 is 21.8 Å². The number of rotatable bonds is 4. The van der Waals surface area contributed by atoms with E-state index in [1.165, 1.54) is 5.56 Å². The highest BCUT2D eigenvalue weighted by atomic mass is 16.1. The maximum Gasteiger partial charge on any atom is 0.248 e. The van der Waals surface area contributed by atoms with E-state index < -0.39 is 0 Å². The van der Waals surface area contributed by atoms with Crippen LogP contribution < -0.4 is 11.0 Å². The van der Waals surface area contributed by atoms with Gasteiger partial charge in [0.15, 0.2) is 5.43 Å². The van der Waals surface area contributed by atoms with E-state index in [0.29, 0.717) is 12.3 Å². The van der Waals surface area contributed by atoms with Crippen LogP contribution in [-0.2, 0) is 11.8 Å². The molecule has 2 heterocycles. The van der Waals surface area contributed by atoms with Crippen molar-refractivity contribution in [3.63, 3.8) is 0 Å². The van der Waals surface area contributed by atoms with E-state index >= 15 is 0 Å². The van der Waals surface area contributed by atoms with E-state index in [0.717, 1.165) is 32.9 Å². The van der Waals surface area contributed by atoms with Gasteiger partial charge in [-0.05, 0) is 64.6 Å². The van der Waals surface area contributed by atoms with Gasteiger partial charge in [0.25, 0.3) is 0 Å². The van der Waals surface area contributed by atoms with Crippen molar-refractivity contribution in [3.8, 4) is 0 Å². The molecular formula is C25H26N2O2. The van der Waals surface area contributed by atoms with Crippen LogP contribution >= 0.6 is 0 Å². The van der Waals surface area contributed by atoms with Crippen molar-refractivity contribution in [2.24, 2.45) is 0 Å². The maximum atomic E-state index is 13.2. The molecule has 4 heteroatoms. The van der Waals surface area contributed by atoms with Crippen LogP contribution in [-0.4, -0.2) is 9.97 Å². The van der Waals surface area contributed by atoms with Crippen LogP contribution in [0.5, 0.6) is 0 Å². The SMILES string of the molecule is CC(C)c1ccc2[nH]cc(CC(C)(C)c3ccc4[nH]c(=O)ccc4c3)c(=O)c2c1. The Kier molecular flexibility index (Phi) is 4.65. The molecule has 2 aromatic carbocycles. The zero-order valence-corrected chi connectivity index (χ0v) is 17.3. The lowest BCUT2D eigenvalue weighted by molar-refractivity contribution is 0.521. The Balaban J connectivity index is 1.74. The molecule has 0 aliphatic rings. The summed E-state index contributed by atoms with van der Waals surface area (Å²) >= 11 is 0. The van der Waals surface area contributed by atoms with E-state index in [2.05, 4.69) is 49.8 Å². The first-order valence-electron chi connectivity index (χ1n) is 10.0. The predicted molar refractivity (Wildman–Crippen MR) is 120 cm³/mol. The van der Waals surface area contributed by atoms with Gasteiger partial charge < -0.3 is 9.97 Å². The summed E-state index contributed by atoms with van der Waals surface area (Å²) in [6, 6.07) is 15.5. The minimum atomic E-state index is -0.235. The van der Waals surface area contributed by atoms with E-state index in [-0.39, 0.29) is 16.4 Å². The zero-order valence-electron chi connectivity index (χ0n) is 17.3. The van der Waals surface area contributed by atoms with Gasteiger partial charge in [0.2, 0.25) is 5.56 Å². The van der Waals surface area contributed by atoms with E-state index in [1.807, 2.05) is 36.5 Å². The Morgan fingerprint density at radius 3 is 2.45 bits per heavy atom. The molecule has 0 aliphatic heterocycles. The monoisotopic (exact) mass is 386 g/mol. The van der Waals surface area contributed by atoms with Crippen molar-refractivity contribution < 1.29 is 0 Å². The molecule has 4 nitrogen and oxygen atoms in total. The zero-order chi connectivity index (χ0) is 20.8. The second kappa shape index (κ2) is 7.03. The molecule has 0 bridgehead atoms. The molecule has 0 spiro atoms. The van der Waals surface area contributed by atoms with E-state index in [4.69, 9.17) is 0 Å². The van der Waals surface area contributed by atoms with Gasteiger partial charge in [-0.3, -0.25) is 9.59 Å². The second-order valence-electron chi connectivity index (χ2n) is 8.79. The lowest BCUT2D eigenvalue weighted by Crippen LogP contribution is -2.25. The fraction of sp³-hybridized carbons (Fsp3) is 0.280. The molecule has 4 aromatic rings. The van der Waals surface area contributed by atoms with Crippen molar-refractivity contribution in [2.75, 3.05) is 0 Å². The van der Waals surface area contributed by atoms with Gasteiger partial charge in [-0.1, -0.05) is 39.8 Å².